The van der Waals surface area contributed by atoms with Crippen molar-refractivity contribution in [1.29, 1.82) is 0 Å². The summed E-state index contributed by atoms with van der Waals surface area (Å²) in [7, 11) is 0. The van der Waals surface area contributed by atoms with Crippen LogP contribution in [0.25, 0.3) is 0 Å². The number of rotatable bonds is 3. The van der Waals surface area contributed by atoms with E-state index in [0.717, 1.165) is 63.0 Å². The molecule has 1 fully saturated rings. The third-order valence-electron chi connectivity index (χ3n) is 5.89. The monoisotopic (exact) mass is 389 g/mol. The molecule has 0 radical (unpaired) electrons. The van der Waals surface area contributed by atoms with E-state index >= 15 is 0 Å². The first-order chi connectivity index (χ1) is 14.3. The summed E-state index contributed by atoms with van der Waals surface area (Å²) >= 11 is 0. The Morgan fingerprint density at radius 1 is 0.690 bits per heavy atom. The van der Waals surface area contributed by atoms with Gasteiger partial charge in [0.1, 0.15) is 23.8 Å². The average molecular weight is 389 g/mol. The van der Waals surface area contributed by atoms with Crippen LogP contribution in [0.2, 0.25) is 0 Å². The summed E-state index contributed by atoms with van der Waals surface area (Å²) in [6.45, 7) is 5.42. The van der Waals surface area contributed by atoms with Gasteiger partial charge in [0.15, 0.2) is 0 Å². The standard InChI is InChI=1S/C23H24FN5/c24-20-5-7-21(8-6-20)27-11-13-28(14-12-27)22-15-23(26-17-25-22)29-10-9-18-3-1-2-4-19(18)16-29/h1-8,15,17H,9-14,16H2. The molecule has 2 aliphatic heterocycles. The first-order valence-corrected chi connectivity index (χ1v) is 10.2. The number of benzene rings is 2. The Morgan fingerprint density at radius 2 is 1.34 bits per heavy atom. The molecule has 0 amide bonds. The van der Waals surface area contributed by atoms with E-state index in [9.17, 15) is 4.39 Å². The smallest absolute Gasteiger partial charge is 0.134 e. The number of aromatic nitrogens is 2. The van der Waals surface area contributed by atoms with Gasteiger partial charge in [0.05, 0.1) is 0 Å². The lowest BCUT2D eigenvalue weighted by Gasteiger charge is -2.37. The number of hydrogen-bond donors (Lipinski definition) is 0. The highest BCUT2D eigenvalue weighted by molar-refractivity contribution is 5.54. The molecule has 3 aromatic rings. The summed E-state index contributed by atoms with van der Waals surface area (Å²) in [4.78, 5) is 16.0. The van der Waals surface area contributed by atoms with Gasteiger partial charge >= 0.3 is 0 Å². The largest absolute Gasteiger partial charge is 0.368 e. The van der Waals surface area contributed by atoms with E-state index in [1.165, 1.54) is 23.3 Å². The highest BCUT2D eigenvalue weighted by Gasteiger charge is 2.21. The lowest BCUT2D eigenvalue weighted by Crippen LogP contribution is -2.47. The van der Waals surface area contributed by atoms with E-state index in [4.69, 9.17) is 0 Å². The van der Waals surface area contributed by atoms with Crippen LogP contribution in [-0.4, -0.2) is 42.7 Å². The minimum absolute atomic E-state index is 0.193. The molecule has 5 nitrogen and oxygen atoms in total. The van der Waals surface area contributed by atoms with Crippen molar-refractivity contribution in [2.75, 3.05) is 47.4 Å². The van der Waals surface area contributed by atoms with Gasteiger partial charge in [-0.3, -0.25) is 0 Å². The molecule has 6 heteroatoms. The van der Waals surface area contributed by atoms with Crippen LogP contribution in [0, 0.1) is 5.82 Å². The van der Waals surface area contributed by atoms with E-state index in [1.807, 2.05) is 12.1 Å². The van der Waals surface area contributed by atoms with Crippen molar-refractivity contribution < 1.29 is 4.39 Å². The molecule has 3 heterocycles. The third kappa shape index (κ3) is 3.75. The molecule has 29 heavy (non-hydrogen) atoms. The zero-order valence-corrected chi connectivity index (χ0v) is 16.3. The lowest BCUT2D eigenvalue weighted by atomic mass is 10.00. The maximum Gasteiger partial charge on any atom is 0.134 e. The minimum atomic E-state index is -0.193. The number of fused-ring (bicyclic) bond motifs is 1. The van der Waals surface area contributed by atoms with Crippen LogP contribution in [0.5, 0.6) is 0 Å². The Labute approximate surface area is 170 Å². The van der Waals surface area contributed by atoms with Crippen LogP contribution in [0.1, 0.15) is 11.1 Å². The maximum absolute atomic E-state index is 13.2. The van der Waals surface area contributed by atoms with Crippen LogP contribution in [0.4, 0.5) is 21.7 Å². The molecule has 0 bridgehead atoms. The van der Waals surface area contributed by atoms with E-state index in [2.05, 4.69) is 55.0 Å². The fourth-order valence-corrected chi connectivity index (χ4v) is 4.22. The highest BCUT2D eigenvalue weighted by Crippen LogP contribution is 2.26. The molecule has 0 unspecified atom stereocenters. The van der Waals surface area contributed by atoms with Crippen LogP contribution in [0.15, 0.2) is 60.9 Å². The van der Waals surface area contributed by atoms with Gasteiger partial charge in [-0.05, 0) is 41.8 Å². The van der Waals surface area contributed by atoms with Crippen molar-refractivity contribution in [2.24, 2.45) is 0 Å². The van der Waals surface area contributed by atoms with Crippen molar-refractivity contribution in [3.63, 3.8) is 0 Å². The molecule has 0 saturated carbocycles. The number of nitrogens with zero attached hydrogens (tertiary/aromatic N) is 5. The van der Waals surface area contributed by atoms with E-state index in [-0.39, 0.29) is 5.82 Å². The zero-order chi connectivity index (χ0) is 19.6. The molecule has 1 aromatic heterocycles. The average Bonchev–Trinajstić information content (AvgIpc) is 2.79. The fraction of sp³-hybridized carbons (Fsp3) is 0.304. The van der Waals surface area contributed by atoms with Gasteiger partial charge in [0, 0.05) is 51.0 Å². The predicted octanol–water partition coefficient (Wildman–Crippen LogP) is 3.51. The topological polar surface area (TPSA) is 35.5 Å². The Hall–Kier alpha value is -3.15. The van der Waals surface area contributed by atoms with Gasteiger partial charge in [0.25, 0.3) is 0 Å². The molecule has 0 N–H and O–H groups in total. The van der Waals surface area contributed by atoms with E-state index in [0.29, 0.717) is 0 Å². The second-order valence-corrected chi connectivity index (χ2v) is 7.63. The molecular formula is C23H24FN5. The summed E-state index contributed by atoms with van der Waals surface area (Å²) in [5.41, 5.74) is 3.89. The van der Waals surface area contributed by atoms with Crippen molar-refractivity contribution in [3.05, 3.63) is 77.9 Å². The first-order valence-electron chi connectivity index (χ1n) is 10.2. The van der Waals surface area contributed by atoms with Gasteiger partial charge in [0.2, 0.25) is 0 Å². The van der Waals surface area contributed by atoms with Gasteiger partial charge in [-0.25, -0.2) is 14.4 Å². The first kappa shape index (κ1) is 17.9. The number of anilines is 3. The minimum Gasteiger partial charge on any atom is -0.368 e. The van der Waals surface area contributed by atoms with E-state index in [1.54, 1.807) is 6.33 Å². The van der Waals surface area contributed by atoms with Crippen molar-refractivity contribution in [3.8, 4) is 0 Å². The van der Waals surface area contributed by atoms with Crippen molar-refractivity contribution >= 4 is 17.3 Å². The summed E-state index contributed by atoms with van der Waals surface area (Å²) in [5, 5.41) is 0. The van der Waals surface area contributed by atoms with Gasteiger partial charge in [-0.15, -0.1) is 0 Å². The predicted molar refractivity (Wildman–Crippen MR) is 114 cm³/mol. The summed E-state index contributed by atoms with van der Waals surface area (Å²) < 4.78 is 13.2. The number of hydrogen-bond acceptors (Lipinski definition) is 5. The molecule has 5 rings (SSSR count). The van der Waals surface area contributed by atoms with Crippen LogP contribution >= 0.6 is 0 Å². The Bertz CT molecular complexity index is 983. The van der Waals surface area contributed by atoms with Crippen LogP contribution in [0.3, 0.4) is 0 Å². The van der Waals surface area contributed by atoms with Gasteiger partial charge in [-0.2, -0.15) is 0 Å². The molecule has 2 aliphatic rings. The summed E-state index contributed by atoms with van der Waals surface area (Å²) in [6.07, 6.45) is 2.73. The zero-order valence-electron chi connectivity index (χ0n) is 16.3. The molecular weight excluding hydrogens is 365 g/mol. The van der Waals surface area contributed by atoms with Crippen LogP contribution in [-0.2, 0) is 13.0 Å². The number of halogens is 1. The highest BCUT2D eigenvalue weighted by atomic mass is 19.1. The molecule has 0 aliphatic carbocycles. The second-order valence-electron chi connectivity index (χ2n) is 7.63. The third-order valence-corrected chi connectivity index (χ3v) is 5.89. The maximum atomic E-state index is 13.2. The summed E-state index contributed by atoms with van der Waals surface area (Å²) in [5.74, 6) is 1.78. The van der Waals surface area contributed by atoms with E-state index < -0.39 is 0 Å². The van der Waals surface area contributed by atoms with Crippen molar-refractivity contribution in [2.45, 2.75) is 13.0 Å². The normalized spacial score (nSPS) is 16.7. The Morgan fingerprint density at radius 3 is 2.10 bits per heavy atom. The lowest BCUT2D eigenvalue weighted by molar-refractivity contribution is 0.624. The van der Waals surface area contributed by atoms with Crippen LogP contribution < -0.4 is 14.7 Å². The SMILES string of the molecule is Fc1ccc(N2CCN(c3cc(N4CCc5ccccc5C4)ncn3)CC2)cc1. The number of piperazine rings is 1. The molecule has 0 spiro atoms. The van der Waals surface area contributed by atoms with Gasteiger partial charge in [-0.1, -0.05) is 24.3 Å². The van der Waals surface area contributed by atoms with Crippen molar-refractivity contribution in [1.82, 2.24) is 9.97 Å². The molecule has 1 saturated heterocycles. The van der Waals surface area contributed by atoms with Gasteiger partial charge < -0.3 is 14.7 Å². The molecule has 148 valence electrons. The fourth-order valence-electron chi connectivity index (χ4n) is 4.22. The molecule has 0 atom stereocenters. The Kier molecular flexibility index (Phi) is 4.76. The quantitative estimate of drug-likeness (QED) is 0.685. The summed E-state index contributed by atoms with van der Waals surface area (Å²) in [6, 6.07) is 17.5. The molecule has 2 aromatic carbocycles. The Balaban J connectivity index is 1.27. The second kappa shape index (κ2) is 7.70.